The van der Waals surface area contributed by atoms with Crippen LogP contribution in [0.5, 0.6) is 11.7 Å². The number of hydrogen-bond donors (Lipinski definition) is 0. The van der Waals surface area contributed by atoms with E-state index in [9.17, 15) is 13.2 Å². The lowest BCUT2D eigenvalue weighted by Crippen LogP contribution is -2.04. The zero-order valence-electron chi connectivity index (χ0n) is 12.4. The Labute approximate surface area is 140 Å². The van der Waals surface area contributed by atoms with Crippen LogP contribution in [0.4, 0.5) is 13.2 Å². The maximum atomic E-state index is 12.7. The molecule has 0 atom stereocenters. The van der Waals surface area contributed by atoms with Gasteiger partial charge in [0.25, 0.3) is 0 Å². The lowest BCUT2D eigenvalue weighted by molar-refractivity contribution is -0.137. The van der Waals surface area contributed by atoms with Gasteiger partial charge in [0, 0.05) is 0 Å². The van der Waals surface area contributed by atoms with Gasteiger partial charge in [0.1, 0.15) is 5.75 Å². The highest BCUT2D eigenvalue weighted by Gasteiger charge is 2.31. The molecule has 7 heteroatoms. The number of benzene rings is 2. The Morgan fingerprint density at radius 1 is 1.08 bits per heavy atom. The van der Waals surface area contributed by atoms with Crippen molar-refractivity contribution in [3.05, 3.63) is 64.8 Å². The third-order valence-electron chi connectivity index (χ3n) is 3.36. The average molecular weight is 354 g/mol. The topological polar surface area (TPSA) is 35.3 Å². The van der Waals surface area contributed by atoms with Gasteiger partial charge < -0.3 is 9.26 Å². The molecular formula is C17H11ClF3NO2. The first-order valence-corrected chi connectivity index (χ1v) is 7.30. The van der Waals surface area contributed by atoms with Crippen LogP contribution in [0, 0.1) is 6.92 Å². The lowest BCUT2D eigenvalue weighted by atomic mass is 10.1. The van der Waals surface area contributed by atoms with E-state index in [4.69, 9.17) is 20.9 Å². The molecule has 2 aromatic carbocycles. The van der Waals surface area contributed by atoms with E-state index >= 15 is 0 Å². The van der Waals surface area contributed by atoms with Crippen molar-refractivity contribution in [1.29, 1.82) is 0 Å². The normalized spacial score (nSPS) is 11.5. The number of rotatable bonds is 3. The summed E-state index contributed by atoms with van der Waals surface area (Å²) >= 11 is 5.90. The first-order chi connectivity index (χ1) is 11.4. The quantitative estimate of drug-likeness (QED) is 0.569. The van der Waals surface area contributed by atoms with E-state index in [1.165, 1.54) is 0 Å². The minimum absolute atomic E-state index is 0.0537. The first kappa shape index (κ1) is 16.4. The summed E-state index contributed by atoms with van der Waals surface area (Å²) in [6, 6.07) is 12.1. The van der Waals surface area contributed by atoms with Crippen molar-refractivity contribution in [1.82, 2.24) is 5.16 Å². The van der Waals surface area contributed by atoms with E-state index in [1.54, 1.807) is 6.92 Å². The van der Waals surface area contributed by atoms with Crippen LogP contribution in [-0.4, -0.2) is 5.16 Å². The van der Waals surface area contributed by atoms with Crippen molar-refractivity contribution >= 4 is 11.6 Å². The minimum Gasteiger partial charge on any atom is -0.423 e. The SMILES string of the molecule is Cc1noc(Oc2ccc(C(F)(F)F)cc2Cl)c1-c1ccccc1. The third-order valence-corrected chi connectivity index (χ3v) is 3.65. The molecule has 0 aliphatic rings. The van der Waals surface area contributed by atoms with Crippen LogP contribution in [0.15, 0.2) is 53.1 Å². The van der Waals surface area contributed by atoms with E-state index in [0.29, 0.717) is 11.3 Å². The van der Waals surface area contributed by atoms with E-state index in [2.05, 4.69) is 5.16 Å². The maximum absolute atomic E-state index is 12.7. The van der Waals surface area contributed by atoms with Gasteiger partial charge >= 0.3 is 12.1 Å². The summed E-state index contributed by atoms with van der Waals surface area (Å²) in [7, 11) is 0. The molecule has 0 aliphatic carbocycles. The fraction of sp³-hybridized carbons (Fsp3) is 0.118. The Bertz CT molecular complexity index is 860. The molecule has 3 nitrogen and oxygen atoms in total. The molecule has 0 aliphatic heterocycles. The van der Waals surface area contributed by atoms with Gasteiger partial charge in [0.2, 0.25) is 0 Å². The van der Waals surface area contributed by atoms with Gasteiger partial charge in [-0.2, -0.15) is 13.2 Å². The smallest absolute Gasteiger partial charge is 0.416 e. The van der Waals surface area contributed by atoms with Gasteiger partial charge in [0.15, 0.2) is 0 Å². The van der Waals surface area contributed by atoms with E-state index in [1.807, 2.05) is 30.3 Å². The predicted octanol–water partition coefficient (Wildman–Crippen LogP) is 6.11. The predicted molar refractivity (Wildman–Crippen MR) is 83.2 cm³/mol. The van der Waals surface area contributed by atoms with Gasteiger partial charge in [-0.05, 0) is 30.7 Å². The maximum Gasteiger partial charge on any atom is 0.416 e. The summed E-state index contributed by atoms with van der Waals surface area (Å²) in [5.41, 5.74) is 1.18. The van der Waals surface area contributed by atoms with E-state index in [-0.39, 0.29) is 16.7 Å². The molecule has 0 amide bonds. The van der Waals surface area contributed by atoms with Crippen LogP contribution in [0.25, 0.3) is 11.1 Å². The third kappa shape index (κ3) is 3.23. The number of aromatic nitrogens is 1. The van der Waals surface area contributed by atoms with Gasteiger partial charge in [-0.1, -0.05) is 47.1 Å². The van der Waals surface area contributed by atoms with Crippen LogP contribution in [0.1, 0.15) is 11.3 Å². The largest absolute Gasteiger partial charge is 0.423 e. The number of halogens is 4. The Balaban J connectivity index is 1.96. The van der Waals surface area contributed by atoms with Gasteiger partial charge in [-0.25, -0.2) is 0 Å². The zero-order valence-corrected chi connectivity index (χ0v) is 13.2. The van der Waals surface area contributed by atoms with Crippen LogP contribution in [-0.2, 0) is 6.18 Å². The molecule has 0 saturated carbocycles. The number of alkyl halides is 3. The Hall–Kier alpha value is -2.47. The highest BCUT2D eigenvalue weighted by atomic mass is 35.5. The van der Waals surface area contributed by atoms with Crippen molar-refractivity contribution in [2.24, 2.45) is 0 Å². The van der Waals surface area contributed by atoms with Gasteiger partial charge in [0.05, 0.1) is 21.8 Å². The standard InChI is InChI=1S/C17H11ClF3NO2/c1-10-15(11-5-3-2-4-6-11)16(24-22-10)23-14-8-7-12(9-13(14)18)17(19,20)21/h2-9H,1H3. The molecule has 0 N–H and O–H groups in total. The second kappa shape index (κ2) is 6.20. The van der Waals surface area contributed by atoms with Gasteiger partial charge in [-0.15, -0.1) is 0 Å². The molecule has 0 radical (unpaired) electrons. The summed E-state index contributed by atoms with van der Waals surface area (Å²) in [4.78, 5) is 0. The highest BCUT2D eigenvalue weighted by Crippen LogP contribution is 2.40. The molecule has 0 bridgehead atoms. The Morgan fingerprint density at radius 3 is 2.42 bits per heavy atom. The summed E-state index contributed by atoms with van der Waals surface area (Å²) in [5, 5.41) is 3.68. The number of nitrogens with zero attached hydrogens (tertiary/aromatic N) is 1. The molecule has 0 saturated heterocycles. The fourth-order valence-corrected chi connectivity index (χ4v) is 2.43. The summed E-state index contributed by atoms with van der Waals surface area (Å²) < 4.78 is 48.8. The molecule has 1 aromatic heterocycles. The van der Waals surface area contributed by atoms with Crippen molar-refractivity contribution in [3.63, 3.8) is 0 Å². The zero-order chi connectivity index (χ0) is 17.3. The minimum atomic E-state index is -4.47. The fourth-order valence-electron chi connectivity index (χ4n) is 2.21. The Kier molecular flexibility index (Phi) is 4.24. The molecule has 1 heterocycles. The van der Waals surface area contributed by atoms with E-state index < -0.39 is 11.7 Å². The van der Waals surface area contributed by atoms with Crippen molar-refractivity contribution < 1.29 is 22.4 Å². The monoisotopic (exact) mass is 353 g/mol. The van der Waals surface area contributed by atoms with Gasteiger partial charge in [-0.3, -0.25) is 0 Å². The number of aryl methyl sites for hydroxylation is 1. The molecule has 0 unspecified atom stereocenters. The van der Waals surface area contributed by atoms with Crippen molar-refractivity contribution in [2.75, 3.05) is 0 Å². The molecular weight excluding hydrogens is 343 g/mol. The van der Waals surface area contributed by atoms with Crippen molar-refractivity contribution in [2.45, 2.75) is 13.1 Å². The average Bonchev–Trinajstić information content (AvgIpc) is 2.90. The molecule has 0 spiro atoms. The first-order valence-electron chi connectivity index (χ1n) is 6.92. The second-order valence-corrected chi connectivity index (χ2v) is 5.45. The summed E-state index contributed by atoms with van der Waals surface area (Å²) in [6.07, 6.45) is -4.47. The summed E-state index contributed by atoms with van der Waals surface area (Å²) in [6.45, 7) is 1.74. The van der Waals surface area contributed by atoms with Crippen LogP contribution in [0.2, 0.25) is 5.02 Å². The molecule has 0 fully saturated rings. The molecule has 3 rings (SSSR count). The van der Waals surface area contributed by atoms with E-state index in [0.717, 1.165) is 23.8 Å². The lowest BCUT2D eigenvalue weighted by Gasteiger charge is -2.10. The highest BCUT2D eigenvalue weighted by molar-refractivity contribution is 6.32. The van der Waals surface area contributed by atoms with Crippen LogP contribution < -0.4 is 4.74 Å². The molecule has 3 aromatic rings. The number of hydrogen-bond acceptors (Lipinski definition) is 3. The van der Waals surface area contributed by atoms with Crippen molar-refractivity contribution in [3.8, 4) is 22.8 Å². The molecule has 24 heavy (non-hydrogen) atoms. The molecule has 124 valence electrons. The summed E-state index contributed by atoms with van der Waals surface area (Å²) in [5.74, 6) is 0.123. The number of ether oxygens (including phenoxy) is 1. The van der Waals surface area contributed by atoms with Crippen LogP contribution in [0.3, 0.4) is 0 Å². The second-order valence-electron chi connectivity index (χ2n) is 5.04. The van der Waals surface area contributed by atoms with Crippen LogP contribution >= 0.6 is 11.6 Å². The Morgan fingerprint density at radius 2 is 1.79 bits per heavy atom.